The van der Waals surface area contributed by atoms with Gasteiger partial charge in [-0.05, 0) is 42.0 Å². The van der Waals surface area contributed by atoms with Gasteiger partial charge in [-0.1, -0.05) is 43.3 Å². The first-order valence-corrected chi connectivity index (χ1v) is 10.7. The minimum atomic E-state index is -0.172. The number of hydrogen-bond donors (Lipinski definition) is 0. The molecule has 0 saturated heterocycles. The van der Waals surface area contributed by atoms with E-state index in [1.165, 1.54) is 5.56 Å². The van der Waals surface area contributed by atoms with Gasteiger partial charge in [0.25, 0.3) is 0 Å². The highest BCUT2D eigenvalue weighted by atomic mass is 16.1. The second-order valence-corrected chi connectivity index (χ2v) is 8.33. The molecule has 0 N–H and O–H groups in total. The van der Waals surface area contributed by atoms with E-state index in [1.807, 2.05) is 43.3 Å². The first-order chi connectivity index (χ1) is 15.2. The second kappa shape index (κ2) is 7.88. The summed E-state index contributed by atoms with van der Waals surface area (Å²) in [6, 6.07) is 16.3. The van der Waals surface area contributed by atoms with Gasteiger partial charge in [0, 0.05) is 36.2 Å². The maximum atomic E-state index is 12.6. The van der Waals surface area contributed by atoms with Gasteiger partial charge in [0.05, 0.1) is 17.0 Å². The summed E-state index contributed by atoms with van der Waals surface area (Å²) in [5, 5.41) is 9.52. The van der Waals surface area contributed by atoms with Crippen molar-refractivity contribution in [3.63, 3.8) is 0 Å². The molecule has 1 aromatic carbocycles. The molecule has 2 aliphatic rings. The molecule has 0 fully saturated rings. The molecule has 5 heteroatoms. The Kier molecular flexibility index (Phi) is 4.91. The molecular formula is C26H22N4O. The smallest absolute Gasteiger partial charge is 0.176 e. The molecule has 3 unspecified atom stereocenters. The predicted octanol–water partition coefficient (Wildman–Crippen LogP) is 4.44. The van der Waals surface area contributed by atoms with Gasteiger partial charge in [-0.3, -0.25) is 9.78 Å². The lowest BCUT2D eigenvalue weighted by Gasteiger charge is -2.38. The van der Waals surface area contributed by atoms with E-state index in [2.05, 4.69) is 23.2 Å². The lowest BCUT2D eigenvalue weighted by molar-refractivity contribution is -0.120. The van der Waals surface area contributed by atoms with Crippen LogP contribution < -0.4 is 0 Å². The number of benzene rings is 1. The van der Waals surface area contributed by atoms with E-state index in [4.69, 9.17) is 9.97 Å². The molecule has 3 atom stereocenters. The number of aromatic nitrogens is 3. The molecule has 0 aliphatic heterocycles. The number of rotatable bonds is 3. The monoisotopic (exact) mass is 406 g/mol. The van der Waals surface area contributed by atoms with Crippen molar-refractivity contribution < 1.29 is 4.79 Å². The van der Waals surface area contributed by atoms with Crippen LogP contribution in [-0.2, 0) is 17.6 Å². The summed E-state index contributed by atoms with van der Waals surface area (Å²) in [6.07, 6.45) is 7.81. The van der Waals surface area contributed by atoms with Crippen molar-refractivity contribution in [1.29, 1.82) is 5.26 Å². The van der Waals surface area contributed by atoms with Crippen LogP contribution in [0.1, 0.15) is 41.8 Å². The van der Waals surface area contributed by atoms with Crippen LogP contribution in [0.3, 0.4) is 0 Å². The highest BCUT2D eigenvalue weighted by Crippen LogP contribution is 2.45. The van der Waals surface area contributed by atoms with Crippen molar-refractivity contribution in [2.24, 2.45) is 11.8 Å². The van der Waals surface area contributed by atoms with E-state index in [0.717, 1.165) is 41.8 Å². The topological polar surface area (TPSA) is 79.5 Å². The number of Topliss-reactive ketones (excluding diaryl/α,β-unsaturated/α-hetero) is 1. The number of pyridine rings is 1. The number of hydrogen-bond acceptors (Lipinski definition) is 5. The summed E-state index contributed by atoms with van der Waals surface area (Å²) in [6.45, 7) is 1.95. The van der Waals surface area contributed by atoms with Gasteiger partial charge in [-0.15, -0.1) is 0 Å². The number of carbonyl (C=O) groups excluding carboxylic acids is 1. The van der Waals surface area contributed by atoms with E-state index in [9.17, 15) is 10.1 Å². The molecule has 2 heterocycles. The van der Waals surface area contributed by atoms with Crippen LogP contribution in [-0.4, -0.2) is 20.7 Å². The number of carbonyl (C=O) groups is 1. The van der Waals surface area contributed by atoms with E-state index < -0.39 is 0 Å². The third-order valence-electron chi connectivity index (χ3n) is 6.57. The zero-order valence-corrected chi connectivity index (χ0v) is 17.3. The van der Waals surface area contributed by atoms with Crippen LogP contribution in [0.15, 0.2) is 66.5 Å². The van der Waals surface area contributed by atoms with Crippen LogP contribution in [0.5, 0.6) is 0 Å². The fourth-order valence-corrected chi connectivity index (χ4v) is 4.91. The van der Waals surface area contributed by atoms with E-state index in [1.54, 1.807) is 12.4 Å². The summed E-state index contributed by atoms with van der Waals surface area (Å²) in [7, 11) is 0. The average Bonchev–Trinajstić information content (AvgIpc) is 2.82. The Bertz CT molecular complexity index is 1210. The number of nitriles is 1. The summed E-state index contributed by atoms with van der Waals surface area (Å²) < 4.78 is 0. The number of nitrogens with zero attached hydrogens (tertiary/aromatic N) is 4. The maximum Gasteiger partial charge on any atom is 0.176 e. The zero-order chi connectivity index (χ0) is 21.4. The molecule has 5 rings (SSSR count). The Labute approximate surface area is 181 Å². The number of allylic oxidation sites excluding steroid dienone is 2. The third-order valence-corrected chi connectivity index (χ3v) is 6.57. The molecule has 152 valence electrons. The molecule has 2 aromatic heterocycles. The van der Waals surface area contributed by atoms with Crippen molar-refractivity contribution in [3.05, 3.63) is 89.0 Å². The quantitative estimate of drug-likeness (QED) is 0.642. The van der Waals surface area contributed by atoms with Crippen LogP contribution in [0.4, 0.5) is 0 Å². The van der Waals surface area contributed by atoms with Crippen LogP contribution in [0.2, 0.25) is 0 Å². The summed E-state index contributed by atoms with van der Waals surface area (Å²) >= 11 is 0. The highest BCUT2D eigenvalue weighted by Gasteiger charge is 2.41. The molecule has 0 radical (unpaired) electrons. The molecule has 0 spiro atoms. The molecule has 3 aromatic rings. The van der Waals surface area contributed by atoms with E-state index in [-0.39, 0.29) is 29.1 Å². The molecule has 0 amide bonds. The molecule has 0 saturated carbocycles. The Morgan fingerprint density at radius 3 is 2.61 bits per heavy atom. The van der Waals surface area contributed by atoms with Gasteiger partial charge < -0.3 is 0 Å². The van der Waals surface area contributed by atoms with Gasteiger partial charge >= 0.3 is 0 Å². The second-order valence-electron chi connectivity index (χ2n) is 8.33. The van der Waals surface area contributed by atoms with Crippen LogP contribution in [0, 0.1) is 23.2 Å². The zero-order valence-electron chi connectivity index (χ0n) is 17.3. The van der Waals surface area contributed by atoms with E-state index >= 15 is 0 Å². The molecular weight excluding hydrogens is 384 g/mol. The molecule has 5 nitrogen and oxygen atoms in total. The molecule has 2 aliphatic carbocycles. The minimum absolute atomic E-state index is 0.0378. The summed E-state index contributed by atoms with van der Waals surface area (Å²) in [4.78, 5) is 26.7. The first-order valence-electron chi connectivity index (χ1n) is 10.7. The number of ketones is 1. The van der Waals surface area contributed by atoms with Crippen molar-refractivity contribution in [1.82, 2.24) is 15.0 Å². The highest BCUT2D eigenvalue weighted by molar-refractivity contribution is 6.01. The Balaban J connectivity index is 1.69. The van der Waals surface area contributed by atoms with Crippen molar-refractivity contribution in [3.8, 4) is 17.5 Å². The van der Waals surface area contributed by atoms with Gasteiger partial charge in [-0.2, -0.15) is 5.26 Å². The minimum Gasteiger partial charge on any atom is -0.293 e. The standard InChI is InChI=1S/C26H22N4O/c1-16-20-7-8-21-23(13-17-5-3-2-4-6-17)29-26(18-9-11-28-12-10-18)30-24(21)22(20)14-19(15-27)25(16)31/h2-6,9-12,14,16,20,22H,7-8,13H2,1H3. The van der Waals surface area contributed by atoms with Gasteiger partial charge in [0.2, 0.25) is 0 Å². The Hall–Kier alpha value is -3.65. The Morgan fingerprint density at radius 2 is 1.87 bits per heavy atom. The average molecular weight is 406 g/mol. The lowest BCUT2D eigenvalue weighted by Crippen LogP contribution is -2.35. The third kappa shape index (κ3) is 3.44. The lowest BCUT2D eigenvalue weighted by atomic mass is 9.66. The van der Waals surface area contributed by atoms with E-state index in [0.29, 0.717) is 5.82 Å². The SMILES string of the molecule is CC1C(=O)C(C#N)=CC2c3nc(-c4ccncc4)nc(Cc4ccccc4)c3CCC12. The number of fused-ring (bicyclic) bond motifs is 3. The van der Waals surface area contributed by atoms with Gasteiger partial charge in [0.1, 0.15) is 6.07 Å². The van der Waals surface area contributed by atoms with Crippen LogP contribution >= 0.6 is 0 Å². The van der Waals surface area contributed by atoms with Crippen molar-refractivity contribution in [2.45, 2.75) is 32.1 Å². The van der Waals surface area contributed by atoms with Crippen molar-refractivity contribution >= 4 is 5.78 Å². The van der Waals surface area contributed by atoms with Gasteiger partial charge in [0.15, 0.2) is 11.6 Å². The fourth-order valence-electron chi connectivity index (χ4n) is 4.91. The van der Waals surface area contributed by atoms with Crippen LogP contribution in [0.25, 0.3) is 11.4 Å². The first kappa shape index (κ1) is 19.3. The van der Waals surface area contributed by atoms with Gasteiger partial charge in [-0.25, -0.2) is 9.97 Å². The summed E-state index contributed by atoms with van der Waals surface area (Å²) in [5.74, 6) is 0.588. The normalized spacial score (nSPS) is 22.1. The summed E-state index contributed by atoms with van der Waals surface area (Å²) in [5.41, 5.74) is 5.53. The molecule has 31 heavy (non-hydrogen) atoms. The largest absolute Gasteiger partial charge is 0.293 e. The maximum absolute atomic E-state index is 12.6. The Morgan fingerprint density at radius 1 is 1.10 bits per heavy atom. The van der Waals surface area contributed by atoms with Crippen molar-refractivity contribution in [2.75, 3.05) is 0 Å². The molecule has 0 bridgehead atoms. The fraction of sp³-hybridized carbons (Fsp3) is 0.269. The predicted molar refractivity (Wildman–Crippen MR) is 117 cm³/mol.